The Morgan fingerprint density at radius 1 is 1.03 bits per heavy atom. The molecule has 158 valence electrons. The van der Waals surface area contributed by atoms with Crippen molar-refractivity contribution in [1.29, 1.82) is 0 Å². The van der Waals surface area contributed by atoms with Gasteiger partial charge in [-0.05, 0) is 34.7 Å². The molecule has 0 aliphatic carbocycles. The van der Waals surface area contributed by atoms with E-state index in [0.717, 1.165) is 16.8 Å². The molecule has 7 heteroatoms. The summed E-state index contributed by atoms with van der Waals surface area (Å²) in [4.78, 5) is 28.1. The van der Waals surface area contributed by atoms with Crippen molar-refractivity contribution in [3.63, 3.8) is 0 Å². The highest BCUT2D eigenvalue weighted by molar-refractivity contribution is 7.17. The quantitative estimate of drug-likeness (QED) is 0.485. The molecule has 0 bridgehead atoms. The molecule has 0 aliphatic heterocycles. The van der Waals surface area contributed by atoms with Crippen LogP contribution in [0.2, 0.25) is 0 Å². The average molecular weight is 434 g/mol. The van der Waals surface area contributed by atoms with Gasteiger partial charge in [0.15, 0.2) is 5.75 Å². The Morgan fingerprint density at radius 2 is 1.74 bits per heavy atom. The summed E-state index contributed by atoms with van der Waals surface area (Å²) in [5.74, 6) is -0.851. The van der Waals surface area contributed by atoms with Crippen LogP contribution in [0.5, 0.6) is 5.75 Å². The minimum absolute atomic E-state index is 0.226. The first-order chi connectivity index (χ1) is 15.0. The number of anilines is 1. The van der Waals surface area contributed by atoms with E-state index >= 15 is 0 Å². The van der Waals surface area contributed by atoms with Crippen molar-refractivity contribution in [1.82, 2.24) is 9.88 Å². The van der Waals surface area contributed by atoms with Gasteiger partial charge in [0.2, 0.25) is 0 Å². The Hall–Kier alpha value is -3.58. The lowest BCUT2D eigenvalue weighted by Crippen LogP contribution is -2.33. The molecular formula is C24H23N3O3S. The molecule has 2 heterocycles. The number of benzene rings is 2. The number of rotatable bonds is 6. The van der Waals surface area contributed by atoms with E-state index in [9.17, 15) is 14.7 Å². The van der Waals surface area contributed by atoms with Gasteiger partial charge in [-0.15, -0.1) is 11.3 Å². The lowest BCUT2D eigenvalue weighted by atomic mass is 10.1. The summed E-state index contributed by atoms with van der Waals surface area (Å²) in [6.07, 6.45) is 0. The van der Waals surface area contributed by atoms with E-state index in [1.807, 2.05) is 73.6 Å². The van der Waals surface area contributed by atoms with Crippen molar-refractivity contribution >= 4 is 33.1 Å². The molecular weight excluding hydrogens is 410 g/mol. The first-order valence-corrected chi connectivity index (χ1v) is 10.7. The Labute approximate surface area is 184 Å². The number of aromatic hydroxyl groups is 1. The summed E-state index contributed by atoms with van der Waals surface area (Å²) in [5, 5.41) is 15.3. The SMILES string of the molecule is CN(C)c1ccc(CNC(=O)c2c(O)c3sccc3n(Cc3ccccc3)c2=O)cc1. The van der Waals surface area contributed by atoms with Gasteiger partial charge >= 0.3 is 0 Å². The van der Waals surface area contributed by atoms with Gasteiger partial charge in [-0.25, -0.2) is 0 Å². The monoisotopic (exact) mass is 433 g/mol. The first kappa shape index (κ1) is 20.7. The molecule has 0 saturated heterocycles. The van der Waals surface area contributed by atoms with Gasteiger partial charge in [0.1, 0.15) is 5.56 Å². The summed E-state index contributed by atoms with van der Waals surface area (Å²) < 4.78 is 2.07. The second-order valence-corrected chi connectivity index (χ2v) is 8.40. The number of aromatic nitrogens is 1. The highest BCUT2D eigenvalue weighted by atomic mass is 32.1. The van der Waals surface area contributed by atoms with Gasteiger partial charge < -0.3 is 19.9 Å². The smallest absolute Gasteiger partial charge is 0.268 e. The predicted octanol–water partition coefficient (Wildman–Crippen LogP) is 3.81. The lowest BCUT2D eigenvalue weighted by molar-refractivity contribution is 0.0946. The molecule has 0 aliphatic rings. The fraction of sp³-hybridized carbons (Fsp3) is 0.167. The van der Waals surface area contributed by atoms with Crippen molar-refractivity contribution < 1.29 is 9.90 Å². The fourth-order valence-corrected chi connectivity index (χ4v) is 4.31. The van der Waals surface area contributed by atoms with Crippen LogP contribution in [0.4, 0.5) is 5.69 Å². The Balaban J connectivity index is 1.65. The van der Waals surface area contributed by atoms with E-state index in [0.29, 0.717) is 16.8 Å². The number of hydrogen-bond acceptors (Lipinski definition) is 5. The van der Waals surface area contributed by atoms with Crippen molar-refractivity contribution in [3.05, 3.63) is 93.1 Å². The number of nitrogens with zero attached hydrogens (tertiary/aromatic N) is 2. The number of hydrogen-bond donors (Lipinski definition) is 2. The number of carbonyl (C=O) groups excluding carboxylic acids is 1. The molecule has 1 amide bonds. The number of fused-ring (bicyclic) bond motifs is 1. The maximum Gasteiger partial charge on any atom is 0.268 e. The summed E-state index contributed by atoms with van der Waals surface area (Å²) in [6, 6.07) is 19.1. The maximum atomic E-state index is 13.2. The van der Waals surface area contributed by atoms with E-state index in [2.05, 4.69) is 5.32 Å². The summed E-state index contributed by atoms with van der Waals surface area (Å²) in [6.45, 7) is 0.575. The van der Waals surface area contributed by atoms with Crippen LogP contribution in [0.25, 0.3) is 10.2 Å². The van der Waals surface area contributed by atoms with Crippen molar-refractivity contribution in [2.24, 2.45) is 0 Å². The van der Waals surface area contributed by atoms with Crippen LogP contribution in [0.15, 0.2) is 70.8 Å². The summed E-state index contributed by atoms with van der Waals surface area (Å²) in [7, 11) is 3.92. The summed E-state index contributed by atoms with van der Waals surface area (Å²) >= 11 is 1.30. The molecule has 4 aromatic rings. The van der Waals surface area contributed by atoms with E-state index < -0.39 is 11.5 Å². The van der Waals surface area contributed by atoms with Gasteiger partial charge in [0.25, 0.3) is 11.5 Å². The van der Waals surface area contributed by atoms with Crippen molar-refractivity contribution in [2.75, 3.05) is 19.0 Å². The second-order valence-electron chi connectivity index (χ2n) is 7.48. The number of nitrogens with one attached hydrogen (secondary N) is 1. The van der Waals surface area contributed by atoms with E-state index in [1.54, 1.807) is 16.0 Å². The minimum atomic E-state index is -0.587. The van der Waals surface area contributed by atoms with E-state index in [1.165, 1.54) is 11.3 Å². The highest BCUT2D eigenvalue weighted by Crippen LogP contribution is 2.31. The number of thiophene rings is 1. The normalized spacial score (nSPS) is 10.9. The fourth-order valence-electron chi connectivity index (χ4n) is 3.46. The largest absolute Gasteiger partial charge is 0.505 e. The number of pyridine rings is 1. The molecule has 0 unspecified atom stereocenters. The Morgan fingerprint density at radius 3 is 2.42 bits per heavy atom. The standard InChI is InChI=1S/C24H23N3O3S/c1-26(2)18-10-8-16(9-11-18)14-25-23(29)20-21(28)22-19(12-13-31-22)27(24(20)30)15-17-6-4-3-5-7-17/h3-13,28H,14-15H2,1-2H3,(H,25,29). The van der Waals surface area contributed by atoms with Gasteiger partial charge in [-0.2, -0.15) is 0 Å². The number of amides is 1. The first-order valence-electron chi connectivity index (χ1n) is 9.87. The molecule has 0 fully saturated rings. The highest BCUT2D eigenvalue weighted by Gasteiger charge is 2.23. The van der Waals surface area contributed by atoms with E-state index in [-0.39, 0.29) is 17.9 Å². The maximum absolute atomic E-state index is 13.2. The molecule has 0 atom stereocenters. The zero-order chi connectivity index (χ0) is 22.0. The third-order valence-electron chi connectivity index (χ3n) is 5.16. The van der Waals surface area contributed by atoms with Gasteiger partial charge in [-0.1, -0.05) is 42.5 Å². The number of carbonyl (C=O) groups is 1. The molecule has 2 N–H and O–H groups in total. The van der Waals surface area contributed by atoms with Gasteiger partial charge in [0.05, 0.1) is 16.8 Å². The van der Waals surface area contributed by atoms with Gasteiger partial charge in [-0.3, -0.25) is 9.59 Å². The predicted molar refractivity (Wildman–Crippen MR) is 125 cm³/mol. The molecule has 0 spiro atoms. The average Bonchev–Trinajstić information content (AvgIpc) is 3.26. The molecule has 2 aromatic carbocycles. The molecule has 0 radical (unpaired) electrons. The third kappa shape index (κ3) is 4.18. The van der Waals surface area contributed by atoms with Crippen LogP contribution < -0.4 is 15.8 Å². The third-order valence-corrected chi connectivity index (χ3v) is 6.07. The topological polar surface area (TPSA) is 74.6 Å². The molecule has 2 aromatic heterocycles. The second kappa shape index (κ2) is 8.65. The van der Waals surface area contributed by atoms with Crippen LogP contribution in [0.1, 0.15) is 21.5 Å². The zero-order valence-corrected chi connectivity index (χ0v) is 18.1. The molecule has 31 heavy (non-hydrogen) atoms. The van der Waals surface area contributed by atoms with Crippen molar-refractivity contribution in [3.8, 4) is 5.75 Å². The Kier molecular flexibility index (Phi) is 5.77. The lowest BCUT2D eigenvalue weighted by Gasteiger charge is -2.14. The van der Waals surface area contributed by atoms with Crippen LogP contribution in [0, 0.1) is 0 Å². The zero-order valence-electron chi connectivity index (χ0n) is 17.3. The summed E-state index contributed by atoms with van der Waals surface area (Å²) in [5.41, 5.74) is 2.78. The Bertz CT molecular complexity index is 1280. The van der Waals surface area contributed by atoms with Crippen LogP contribution in [-0.4, -0.2) is 29.7 Å². The van der Waals surface area contributed by atoms with Crippen LogP contribution in [0.3, 0.4) is 0 Å². The molecule has 0 saturated carbocycles. The van der Waals surface area contributed by atoms with Crippen LogP contribution >= 0.6 is 11.3 Å². The van der Waals surface area contributed by atoms with Crippen molar-refractivity contribution in [2.45, 2.75) is 13.1 Å². The minimum Gasteiger partial charge on any atom is -0.505 e. The van der Waals surface area contributed by atoms with E-state index in [4.69, 9.17) is 0 Å². The molecule has 4 rings (SSSR count). The van der Waals surface area contributed by atoms with Gasteiger partial charge in [0, 0.05) is 26.3 Å². The van der Waals surface area contributed by atoms with Crippen LogP contribution in [-0.2, 0) is 13.1 Å². The molecule has 6 nitrogen and oxygen atoms in total.